The minimum atomic E-state index is 0.0428. The van der Waals surface area contributed by atoms with Gasteiger partial charge in [-0.1, -0.05) is 12.1 Å². The molecule has 0 N–H and O–H groups in total. The molecule has 0 spiro atoms. The van der Waals surface area contributed by atoms with Crippen molar-refractivity contribution in [2.24, 2.45) is 0 Å². The second kappa shape index (κ2) is 8.55. The van der Waals surface area contributed by atoms with E-state index < -0.39 is 0 Å². The largest absolute Gasteiger partial charge is 0.495 e. The number of nitrogens with zero attached hydrogens (tertiary/aromatic N) is 3. The minimum absolute atomic E-state index is 0.0428. The van der Waals surface area contributed by atoms with Crippen LogP contribution >= 0.6 is 0 Å². The summed E-state index contributed by atoms with van der Waals surface area (Å²) in [6, 6.07) is 15.4. The van der Waals surface area contributed by atoms with E-state index >= 15 is 0 Å². The second-order valence-electron chi connectivity index (χ2n) is 7.50. The van der Waals surface area contributed by atoms with Gasteiger partial charge in [-0.05, 0) is 49.2 Å². The van der Waals surface area contributed by atoms with E-state index in [-0.39, 0.29) is 11.8 Å². The van der Waals surface area contributed by atoms with E-state index in [1.165, 1.54) is 0 Å². The lowest BCUT2D eigenvalue weighted by molar-refractivity contribution is -0.119. The first-order valence-electron chi connectivity index (χ1n) is 10.2. The van der Waals surface area contributed by atoms with Crippen molar-refractivity contribution < 1.29 is 14.3 Å². The first kappa shape index (κ1) is 19.3. The Morgan fingerprint density at radius 2 is 1.62 bits per heavy atom. The van der Waals surface area contributed by atoms with Crippen LogP contribution in [-0.2, 0) is 4.79 Å². The van der Waals surface area contributed by atoms with Gasteiger partial charge in [0.05, 0.1) is 12.8 Å². The zero-order valence-electron chi connectivity index (χ0n) is 16.8. The summed E-state index contributed by atoms with van der Waals surface area (Å²) in [5, 5.41) is 0. The zero-order valence-corrected chi connectivity index (χ0v) is 16.8. The topological polar surface area (TPSA) is 53.1 Å². The molecule has 29 heavy (non-hydrogen) atoms. The van der Waals surface area contributed by atoms with E-state index in [0.29, 0.717) is 25.1 Å². The number of hydrogen-bond acceptors (Lipinski definition) is 4. The third-order valence-electron chi connectivity index (χ3n) is 5.74. The van der Waals surface area contributed by atoms with E-state index in [1.54, 1.807) is 7.11 Å². The molecule has 4 rings (SSSR count). The smallest absolute Gasteiger partial charge is 0.253 e. The summed E-state index contributed by atoms with van der Waals surface area (Å²) in [5.41, 5.74) is 2.62. The molecule has 0 bridgehead atoms. The summed E-state index contributed by atoms with van der Waals surface area (Å²) in [6.45, 7) is 3.64. The Morgan fingerprint density at radius 1 is 0.897 bits per heavy atom. The number of piperazine rings is 1. The number of piperidine rings is 1. The lowest BCUT2D eigenvalue weighted by Crippen LogP contribution is -2.48. The zero-order chi connectivity index (χ0) is 20.2. The van der Waals surface area contributed by atoms with Crippen LogP contribution in [0.5, 0.6) is 5.75 Å². The molecule has 0 atom stereocenters. The van der Waals surface area contributed by atoms with Gasteiger partial charge in [0, 0.05) is 50.4 Å². The first-order valence-corrected chi connectivity index (χ1v) is 10.2. The number of methoxy groups -OCH3 is 1. The molecule has 2 saturated heterocycles. The molecule has 2 aromatic rings. The van der Waals surface area contributed by atoms with E-state index in [0.717, 1.165) is 49.6 Å². The van der Waals surface area contributed by atoms with Gasteiger partial charge in [0.2, 0.25) is 5.91 Å². The van der Waals surface area contributed by atoms with Gasteiger partial charge in [-0.3, -0.25) is 9.59 Å². The number of anilines is 2. The number of hydrogen-bond donors (Lipinski definition) is 0. The highest BCUT2D eigenvalue weighted by Gasteiger charge is 2.24. The van der Waals surface area contributed by atoms with Crippen molar-refractivity contribution in [2.45, 2.75) is 19.3 Å². The SMILES string of the molecule is COc1ccccc1N1CCN(C(=O)c2ccc(N3CCCCC3=O)cc2)CC1. The van der Waals surface area contributed by atoms with Gasteiger partial charge >= 0.3 is 0 Å². The molecule has 2 aliphatic heterocycles. The number of carbonyl (C=O) groups excluding carboxylic acids is 2. The number of amides is 2. The van der Waals surface area contributed by atoms with Crippen LogP contribution in [0.2, 0.25) is 0 Å². The highest BCUT2D eigenvalue weighted by atomic mass is 16.5. The Kier molecular flexibility index (Phi) is 5.69. The number of benzene rings is 2. The van der Waals surface area contributed by atoms with Crippen LogP contribution in [0, 0.1) is 0 Å². The molecule has 0 saturated carbocycles. The monoisotopic (exact) mass is 393 g/mol. The normalized spacial score (nSPS) is 17.4. The highest BCUT2D eigenvalue weighted by Crippen LogP contribution is 2.28. The molecule has 2 amide bonds. The van der Waals surface area contributed by atoms with Crippen LogP contribution in [0.4, 0.5) is 11.4 Å². The Bertz CT molecular complexity index is 873. The van der Waals surface area contributed by atoms with Crippen LogP contribution in [-0.4, -0.2) is 56.5 Å². The summed E-state index contributed by atoms with van der Waals surface area (Å²) in [5.74, 6) is 1.07. The molecule has 6 nitrogen and oxygen atoms in total. The van der Waals surface area contributed by atoms with Crippen molar-refractivity contribution in [1.29, 1.82) is 0 Å². The fourth-order valence-electron chi connectivity index (χ4n) is 4.09. The fourth-order valence-corrected chi connectivity index (χ4v) is 4.09. The predicted octanol–water partition coefficient (Wildman–Crippen LogP) is 3.17. The van der Waals surface area contributed by atoms with Crippen molar-refractivity contribution in [3.05, 3.63) is 54.1 Å². The molecule has 152 valence electrons. The minimum Gasteiger partial charge on any atom is -0.495 e. The average molecular weight is 393 g/mol. The summed E-state index contributed by atoms with van der Waals surface area (Å²) in [6.07, 6.45) is 2.60. The number of carbonyl (C=O) groups is 2. The maximum atomic E-state index is 12.9. The van der Waals surface area contributed by atoms with Crippen LogP contribution < -0.4 is 14.5 Å². The summed E-state index contributed by atoms with van der Waals surface area (Å²) in [4.78, 5) is 31.0. The molecule has 0 aliphatic carbocycles. The van der Waals surface area contributed by atoms with Gasteiger partial charge in [-0.25, -0.2) is 0 Å². The molecule has 0 aromatic heterocycles. The highest BCUT2D eigenvalue weighted by molar-refractivity contribution is 5.97. The van der Waals surface area contributed by atoms with Gasteiger partial charge in [0.1, 0.15) is 5.75 Å². The Balaban J connectivity index is 1.39. The molecule has 2 aromatic carbocycles. The third-order valence-corrected chi connectivity index (χ3v) is 5.74. The Labute approximate surface area is 171 Å². The third kappa shape index (κ3) is 4.06. The lowest BCUT2D eigenvalue weighted by Gasteiger charge is -2.36. The van der Waals surface area contributed by atoms with Crippen molar-refractivity contribution in [3.63, 3.8) is 0 Å². The summed E-state index contributed by atoms with van der Waals surface area (Å²) < 4.78 is 5.46. The van der Waals surface area contributed by atoms with E-state index in [2.05, 4.69) is 11.0 Å². The molecular formula is C23H27N3O3. The Hall–Kier alpha value is -3.02. The fraction of sp³-hybridized carbons (Fsp3) is 0.391. The molecule has 2 aliphatic rings. The second-order valence-corrected chi connectivity index (χ2v) is 7.50. The Morgan fingerprint density at radius 3 is 2.31 bits per heavy atom. The first-order chi connectivity index (χ1) is 14.2. The van der Waals surface area contributed by atoms with Crippen LogP contribution in [0.1, 0.15) is 29.6 Å². The van der Waals surface area contributed by atoms with Crippen LogP contribution in [0.3, 0.4) is 0 Å². The lowest BCUT2D eigenvalue weighted by atomic mass is 10.1. The maximum Gasteiger partial charge on any atom is 0.253 e. The average Bonchev–Trinajstić information content (AvgIpc) is 2.79. The van der Waals surface area contributed by atoms with Gasteiger partial charge in [-0.2, -0.15) is 0 Å². The summed E-state index contributed by atoms with van der Waals surface area (Å²) >= 11 is 0. The molecular weight excluding hydrogens is 366 g/mol. The van der Waals surface area contributed by atoms with E-state index in [9.17, 15) is 9.59 Å². The van der Waals surface area contributed by atoms with Gasteiger partial charge in [-0.15, -0.1) is 0 Å². The summed E-state index contributed by atoms with van der Waals surface area (Å²) in [7, 11) is 1.68. The molecule has 2 fully saturated rings. The number of rotatable bonds is 4. The van der Waals surface area contributed by atoms with E-state index in [1.807, 2.05) is 52.3 Å². The van der Waals surface area contributed by atoms with Crippen LogP contribution in [0.15, 0.2) is 48.5 Å². The van der Waals surface area contributed by atoms with Crippen molar-refractivity contribution in [2.75, 3.05) is 49.6 Å². The number of para-hydroxylation sites is 2. The van der Waals surface area contributed by atoms with Gasteiger partial charge < -0.3 is 19.4 Å². The van der Waals surface area contributed by atoms with Crippen LogP contribution in [0.25, 0.3) is 0 Å². The standard InChI is InChI=1S/C23H27N3O3/c1-29-21-7-3-2-6-20(21)24-14-16-25(17-15-24)23(28)18-9-11-19(12-10-18)26-13-5-4-8-22(26)27/h2-3,6-7,9-12H,4-5,8,13-17H2,1H3. The maximum absolute atomic E-state index is 12.9. The van der Waals surface area contributed by atoms with Crippen molar-refractivity contribution in [1.82, 2.24) is 4.90 Å². The molecule has 0 radical (unpaired) electrons. The predicted molar refractivity (Wildman–Crippen MR) is 114 cm³/mol. The molecule has 0 unspecified atom stereocenters. The van der Waals surface area contributed by atoms with E-state index in [4.69, 9.17) is 4.74 Å². The van der Waals surface area contributed by atoms with Crippen molar-refractivity contribution in [3.8, 4) is 5.75 Å². The molecule has 2 heterocycles. The van der Waals surface area contributed by atoms with Gasteiger partial charge in [0.15, 0.2) is 0 Å². The van der Waals surface area contributed by atoms with Gasteiger partial charge in [0.25, 0.3) is 5.91 Å². The van der Waals surface area contributed by atoms with Crippen molar-refractivity contribution >= 4 is 23.2 Å². The number of ether oxygens (including phenoxy) is 1. The molecule has 6 heteroatoms. The quantitative estimate of drug-likeness (QED) is 0.801.